The summed E-state index contributed by atoms with van der Waals surface area (Å²) in [6, 6.07) is 3.07. The van der Waals surface area contributed by atoms with Gasteiger partial charge >= 0.3 is 0 Å². The first kappa shape index (κ1) is 15.1. The highest BCUT2D eigenvalue weighted by molar-refractivity contribution is 7.91. The Bertz CT molecular complexity index is 618. The Morgan fingerprint density at radius 2 is 2.25 bits per heavy atom. The highest BCUT2D eigenvalue weighted by Gasteiger charge is 2.28. The van der Waals surface area contributed by atoms with E-state index in [9.17, 15) is 13.2 Å². The molecule has 2 N–H and O–H groups in total. The highest BCUT2D eigenvalue weighted by atomic mass is 35.5. The number of pyridine rings is 1. The topological polar surface area (TPSA) is 88.2 Å². The van der Waals surface area contributed by atoms with Crippen LogP contribution in [0.4, 0.5) is 5.82 Å². The predicted octanol–water partition coefficient (Wildman–Crippen LogP) is 0.941. The quantitative estimate of drug-likeness (QED) is 0.807. The molecule has 0 radical (unpaired) electrons. The SMILES string of the molecule is CNc1cc(C(=O)NCC2CCS(=O)(=O)C2)cc(Cl)n1. The minimum absolute atomic E-state index is 0.00923. The molecule has 1 aliphatic rings. The number of nitrogens with one attached hydrogen (secondary N) is 2. The number of halogens is 1. The van der Waals surface area contributed by atoms with E-state index in [1.54, 1.807) is 13.1 Å². The lowest BCUT2D eigenvalue weighted by Crippen LogP contribution is -2.29. The van der Waals surface area contributed by atoms with Crippen molar-refractivity contribution in [1.82, 2.24) is 10.3 Å². The molecule has 0 bridgehead atoms. The summed E-state index contributed by atoms with van der Waals surface area (Å²) < 4.78 is 22.7. The Kier molecular flexibility index (Phi) is 4.49. The van der Waals surface area contributed by atoms with Gasteiger partial charge < -0.3 is 10.6 Å². The molecular formula is C12H16ClN3O3S. The van der Waals surface area contributed by atoms with Gasteiger partial charge in [0.1, 0.15) is 11.0 Å². The number of hydrogen-bond acceptors (Lipinski definition) is 5. The number of sulfone groups is 1. The maximum absolute atomic E-state index is 12.0. The van der Waals surface area contributed by atoms with Crippen LogP contribution in [0.5, 0.6) is 0 Å². The van der Waals surface area contributed by atoms with E-state index in [4.69, 9.17) is 11.6 Å². The molecule has 0 saturated carbocycles. The average molecular weight is 318 g/mol. The first-order valence-electron chi connectivity index (χ1n) is 6.23. The second kappa shape index (κ2) is 5.97. The lowest BCUT2D eigenvalue weighted by Gasteiger charge is -2.10. The molecule has 0 aromatic carbocycles. The van der Waals surface area contributed by atoms with E-state index >= 15 is 0 Å². The number of nitrogens with zero attached hydrogens (tertiary/aromatic N) is 1. The van der Waals surface area contributed by atoms with E-state index in [1.165, 1.54) is 6.07 Å². The molecule has 0 aliphatic carbocycles. The zero-order valence-electron chi connectivity index (χ0n) is 11.0. The molecule has 2 heterocycles. The Labute approximate surface area is 122 Å². The smallest absolute Gasteiger partial charge is 0.251 e. The molecule has 1 fully saturated rings. The molecule has 2 rings (SSSR count). The molecule has 1 atom stereocenters. The second-order valence-corrected chi connectivity index (χ2v) is 7.41. The Morgan fingerprint density at radius 1 is 1.50 bits per heavy atom. The van der Waals surface area contributed by atoms with Gasteiger partial charge in [-0.15, -0.1) is 0 Å². The summed E-state index contributed by atoms with van der Waals surface area (Å²) in [6.45, 7) is 0.354. The molecule has 0 spiro atoms. The number of anilines is 1. The van der Waals surface area contributed by atoms with Gasteiger partial charge in [-0.25, -0.2) is 13.4 Å². The van der Waals surface area contributed by atoms with Gasteiger partial charge in [0.05, 0.1) is 11.5 Å². The minimum atomic E-state index is -2.92. The van der Waals surface area contributed by atoms with Crippen LogP contribution in [0.15, 0.2) is 12.1 Å². The van der Waals surface area contributed by atoms with Crippen molar-refractivity contribution in [3.63, 3.8) is 0 Å². The van der Waals surface area contributed by atoms with Crippen LogP contribution in [0.3, 0.4) is 0 Å². The molecule has 1 aromatic heterocycles. The maximum Gasteiger partial charge on any atom is 0.251 e. The number of carbonyl (C=O) groups is 1. The van der Waals surface area contributed by atoms with Crippen LogP contribution in [-0.2, 0) is 9.84 Å². The van der Waals surface area contributed by atoms with Gasteiger partial charge in [0.25, 0.3) is 5.91 Å². The van der Waals surface area contributed by atoms with E-state index in [0.717, 1.165) is 0 Å². The molecule has 20 heavy (non-hydrogen) atoms. The van der Waals surface area contributed by atoms with Crippen LogP contribution in [0.2, 0.25) is 5.15 Å². The van der Waals surface area contributed by atoms with Crippen LogP contribution in [0.25, 0.3) is 0 Å². The van der Waals surface area contributed by atoms with E-state index in [-0.39, 0.29) is 28.5 Å². The van der Waals surface area contributed by atoms with E-state index in [0.29, 0.717) is 24.3 Å². The molecular weight excluding hydrogens is 302 g/mol. The van der Waals surface area contributed by atoms with Crippen molar-refractivity contribution in [3.8, 4) is 0 Å². The van der Waals surface area contributed by atoms with Crippen LogP contribution in [-0.4, -0.2) is 44.4 Å². The molecule has 1 amide bonds. The Morgan fingerprint density at radius 3 is 2.85 bits per heavy atom. The summed E-state index contributed by atoms with van der Waals surface area (Å²) in [5.41, 5.74) is 0.398. The summed E-state index contributed by atoms with van der Waals surface area (Å²) in [5, 5.41) is 5.78. The largest absolute Gasteiger partial charge is 0.373 e. The van der Waals surface area contributed by atoms with Crippen molar-refractivity contribution in [2.24, 2.45) is 5.92 Å². The van der Waals surface area contributed by atoms with Crippen molar-refractivity contribution in [2.75, 3.05) is 30.4 Å². The summed E-state index contributed by atoms with van der Waals surface area (Å²) in [6.07, 6.45) is 0.599. The van der Waals surface area contributed by atoms with Crippen molar-refractivity contribution in [1.29, 1.82) is 0 Å². The fourth-order valence-corrected chi connectivity index (χ4v) is 4.20. The first-order chi connectivity index (χ1) is 9.39. The Balaban J connectivity index is 1.97. The summed E-state index contributed by atoms with van der Waals surface area (Å²) in [7, 11) is -1.23. The minimum Gasteiger partial charge on any atom is -0.373 e. The summed E-state index contributed by atoms with van der Waals surface area (Å²) >= 11 is 5.83. The lowest BCUT2D eigenvalue weighted by atomic mass is 10.1. The average Bonchev–Trinajstić information content (AvgIpc) is 2.74. The molecule has 1 unspecified atom stereocenters. The van der Waals surface area contributed by atoms with Crippen molar-refractivity contribution < 1.29 is 13.2 Å². The van der Waals surface area contributed by atoms with Crippen molar-refractivity contribution in [2.45, 2.75) is 6.42 Å². The van der Waals surface area contributed by atoms with E-state index in [2.05, 4.69) is 15.6 Å². The fourth-order valence-electron chi connectivity index (χ4n) is 2.13. The van der Waals surface area contributed by atoms with Gasteiger partial charge in [-0.2, -0.15) is 0 Å². The monoisotopic (exact) mass is 317 g/mol. The van der Waals surface area contributed by atoms with Crippen LogP contribution in [0, 0.1) is 5.92 Å². The molecule has 1 saturated heterocycles. The summed E-state index contributed by atoms with van der Waals surface area (Å²) in [5.74, 6) is 0.566. The van der Waals surface area contributed by atoms with Crippen molar-refractivity contribution in [3.05, 3.63) is 22.8 Å². The van der Waals surface area contributed by atoms with E-state index in [1.807, 2.05) is 0 Å². The fraction of sp³-hybridized carbons (Fsp3) is 0.500. The third kappa shape index (κ3) is 3.83. The zero-order chi connectivity index (χ0) is 14.8. The molecule has 8 heteroatoms. The van der Waals surface area contributed by atoms with Gasteiger partial charge in [-0.3, -0.25) is 4.79 Å². The van der Waals surface area contributed by atoms with Gasteiger partial charge in [-0.05, 0) is 24.5 Å². The van der Waals surface area contributed by atoms with Crippen LogP contribution >= 0.6 is 11.6 Å². The van der Waals surface area contributed by atoms with Crippen LogP contribution < -0.4 is 10.6 Å². The molecule has 1 aromatic rings. The normalized spacial score (nSPS) is 20.6. The van der Waals surface area contributed by atoms with Crippen LogP contribution in [0.1, 0.15) is 16.8 Å². The second-order valence-electron chi connectivity index (χ2n) is 4.79. The van der Waals surface area contributed by atoms with Gasteiger partial charge in [-0.1, -0.05) is 11.6 Å². The van der Waals surface area contributed by atoms with Gasteiger partial charge in [0.15, 0.2) is 9.84 Å². The van der Waals surface area contributed by atoms with Crippen molar-refractivity contribution >= 4 is 33.2 Å². The number of aromatic nitrogens is 1. The third-order valence-electron chi connectivity index (χ3n) is 3.19. The standard InChI is InChI=1S/C12H16ClN3O3S/c1-14-11-5-9(4-10(13)16-11)12(17)15-6-8-2-3-20(18,19)7-8/h4-5,8H,2-3,6-7H2,1H3,(H,14,16)(H,15,17). The first-order valence-corrected chi connectivity index (χ1v) is 8.43. The number of hydrogen-bond donors (Lipinski definition) is 2. The van der Waals surface area contributed by atoms with Gasteiger partial charge in [0, 0.05) is 19.2 Å². The predicted molar refractivity (Wildman–Crippen MR) is 77.9 cm³/mol. The molecule has 110 valence electrons. The number of carbonyl (C=O) groups excluding carboxylic acids is 1. The maximum atomic E-state index is 12.0. The lowest BCUT2D eigenvalue weighted by molar-refractivity contribution is 0.0948. The number of rotatable bonds is 4. The third-order valence-corrected chi connectivity index (χ3v) is 5.22. The van der Waals surface area contributed by atoms with E-state index < -0.39 is 9.84 Å². The van der Waals surface area contributed by atoms with Gasteiger partial charge in [0.2, 0.25) is 0 Å². The molecule has 6 nitrogen and oxygen atoms in total. The summed E-state index contributed by atoms with van der Waals surface area (Å²) in [4.78, 5) is 16.0. The molecule has 1 aliphatic heterocycles. The Hall–Kier alpha value is -1.34. The highest BCUT2D eigenvalue weighted by Crippen LogP contribution is 2.18. The zero-order valence-corrected chi connectivity index (χ0v) is 12.6. The number of amides is 1.